The Labute approximate surface area is 296 Å². The van der Waals surface area contributed by atoms with Crippen LogP contribution in [0.25, 0.3) is 0 Å². The molecule has 0 aromatic heterocycles. The van der Waals surface area contributed by atoms with Gasteiger partial charge >= 0.3 is 0 Å². The molecule has 2 heterocycles. The first-order valence-electron chi connectivity index (χ1n) is 17.6. The van der Waals surface area contributed by atoms with Gasteiger partial charge in [0.1, 0.15) is 23.2 Å². The van der Waals surface area contributed by atoms with Crippen LogP contribution < -0.4 is 0 Å². The average Bonchev–Trinajstić information content (AvgIpc) is 3.53. The molecule has 2 unspecified atom stereocenters. The Bertz CT molecular complexity index is 1590. The Kier molecular flexibility index (Phi) is 11.9. The molecule has 4 nitrogen and oxygen atoms in total. The molecule has 0 N–H and O–H groups in total. The summed E-state index contributed by atoms with van der Waals surface area (Å²) in [4.78, 5) is 25.2. The number of ketones is 2. The van der Waals surface area contributed by atoms with Crippen LogP contribution in [0.15, 0.2) is 97.1 Å². The van der Waals surface area contributed by atoms with Crippen molar-refractivity contribution < 1.29 is 27.8 Å². The number of ether oxygens (including phenoxy) is 2. The van der Waals surface area contributed by atoms with Crippen molar-refractivity contribution in [2.75, 3.05) is 13.2 Å². The molecule has 264 valence electrons. The van der Waals surface area contributed by atoms with E-state index in [1.807, 2.05) is 0 Å². The van der Waals surface area contributed by atoms with E-state index in [2.05, 4.69) is 90.1 Å². The zero-order chi connectivity index (χ0) is 36.1. The van der Waals surface area contributed by atoms with E-state index in [4.69, 9.17) is 9.47 Å². The quantitative estimate of drug-likeness (QED) is 0.167. The fourth-order valence-electron chi connectivity index (χ4n) is 7.38. The number of halogens is 2. The van der Waals surface area contributed by atoms with Gasteiger partial charge in [0.15, 0.2) is 0 Å². The van der Waals surface area contributed by atoms with Crippen LogP contribution in [0.1, 0.15) is 85.8 Å². The van der Waals surface area contributed by atoms with E-state index in [1.54, 1.807) is 24.3 Å². The molecule has 2 saturated heterocycles. The highest BCUT2D eigenvalue weighted by molar-refractivity contribution is 5.82. The standard InChI is InChI=1S/2C22H25FO2/c2*1-15-4-8-17(9-5-15)20-14-25-22(2,3)21(20)13-19(24)12-16-6-10-18(23)11-7-16/h2*4-11,20-21H,12-14H2,1-3H3/t2*20-,21?/m00/s1. The molecule has 2 fully saturated rings. The maximum atomic E-state index is 13.0. The molecule has 0 saturated carbocycles. The van der Waals surface area contributed by atoms with Gasteiger partial charge in [0, 0.05) is 49.4 Å². The van der Waals surface area contributed by atoms with Crippen LogP contribution in [-0.2, 0) is 31.9 Å². The number of hydrogen-bond donors (Lipinski definition) is 0. The van der Waals surface area contributed by atoms with Gasteiger partial charge in [0.05, 0.1) is 24.4 Å². The molecule has 0 radical (unpaired) electrons. The van der Waals surface area contributed by atoms with Crippen LogP contribution in [0.3, 0.4) is 0 Å². The zero-order valence-corrected chi connectivity index (χ0v) is 30.2. The summed E-state index contributed by atoms with van der Waals surface area (Å²) in [5.74, 6) is 0.536. The molecule has 4 atom stereocenters. The third kappa shape index (κ3) is 9.61. The van der Waals surface area contributed by atoms with Crippen LogP contribution in [0.4, 0.5) is 8.78 Å². The van der Waals surface area contributed by atoms with Gasteiger partial charge in [-0.05, 0) is 88.1 Å². The van der Waals surface area contributed by atoms with E-state index in [-0.39, 0.29) is 58.1 Å². The summed E-state index contributed by atoms with van der Waals surface area (Å²) in [7, 11) is 0. The number of carbonyl (C=O) groups excluding carboxylic acids is 2. The molecule has 4 aromatic rings. The van der Waals surface area contributed by atoms with E-state index in [1.165, 1.54) is 46.5 Å². The highest BCUT2D eigenvalue weighted by atomic mass is 19.1. The number of Topliss-reactive ketones (excluding diaryl/α,β-unsaturated/α-hetero) is 2. The molecule has 2 aliphatic heterocycles. The normalized spacial score (nSPS) is 22.1. The summed E-state index contributed by atoms with van der Waals surface area (Å²) < 4.78 is 38.1. The molecule has 0 aliphatic carbocycles. The number of aryl methyl sites for hydroxylation is 2. The molecule has 4 aromatic carbocycles. The first-order valence-corrected chi connectivity index (χ1v) is 17.6. The Balaban J connectivity index is 0.000000194. The number of benzene rings is 4. The first kappa shape index (κ1) is 37.3. The van der Waals surface area contributed by atoms with E-state index >= 15 is 0 Å². The third-order valence-electron chi connectivity index (χ3n) is 10.6. The van der Waals surface area contributed by atoms with Crippen LogP contribution in [-0.4, -0.2) is 36.0 Å². The van der Waals surface area contributed by atoms with Crippen LogP contribution in [0, 0.1) is 37.3 Å². The van der Waals surface area contributed by atoms with Gasteiger partial charge in [-0.2, -0.15) is 0 Å². The summed E-state index contributed by atoms with van der Waals surface area (Å²) in [6.07, 6.45) is 1.63. The molecule has 6 heteroatoms. The molecule has 6 rings (SSSR count). The van der Waals surface area contributed by atoms with Crippen molar-refractivity contribution in [1.29, 1.82) is 0 Å². The van der Waals surface area contributed by atoms with Crippen molar-refractivity contribution in [3.05, 3.63) is 142 Å². The van der Waals surface area contributed by atoms with Crippen LogP contribution in [0.5, 0.6) is 0 Å². The summed E-state index contributed by atoms with van der Waals surface area (Å²) in [6.45, 7) is 13.7. The smallest absolute Gasteiger partial charge is 0.137 e. The average molecular weight is 681 g/mol. The van der Waals surface area contributed by atoms with E-state index < -0.39 is 0 Å². The van der Waals surface area contributed by atoms with Crippen molar-refractivity contribution in [2.24, 2.45) is 11.8 Å². The zero-order valence-electron chi connectivity index (χ0n) is 30.2. The van der Waals surface area contributed by atoms with Gasteiger partial charge in [-0.1, -0.05) is 83.9 Å². The third-order valence-corrected chi connectivity index (χ3v) is 10.6. The van der Waals surface area contributed by atoms with Gasteiger partial charge < -0.3 is 9.47 Å². The highest BCUT2D eigenvalue weighted by Gasteiger charge is 2.45. The Morgan fingerprint density at radius 1 is 0.560 bits per heavy atom. The topological polar surface area (TPSA) is 52.6 Å². The Hall–Kier alpha value is -4.00. The summed E-state index contributed by atoms with van der Waals surface area (Å²) in [5.41, 5.74) is 5.98. The molecule has 2 aliphatic rings. The van der Waals surface area contributed by atoms with Gasteiger partial charge in [-0.15, -0.1) is 0 Å². The second-order valence-electron chi connectivity index (χ2n) is 15.2. The van der Waals surface area contributed by atoms with Crippen molar-refractivity contribution in [1.82, 2.24) is 0 Å². The predicted molar refractivity (Wildman–Crippen MR) is 194 cm³/mol. The van der Waals surface area contributed by atoms with Gasteiger partial charge in [0.25, 0.3) is 0 Å². The lowest BCUT2D eigenvalue weighted by atomic mass is 9.76. The Morgan fingerprint density at radius 3 is 1.20 bits per heavy atom. The minimum Gasteiger partial charge on any atom is -0.375 e. The fourth-order valence-corrected chi connectivity index (χ4v) is 7.38. The monoisotopic (exact) mass is 680 g/mol. The van der Waals surface area contributed by atoms with Crippen molar-refractivity contribution >= 4 is 11.6 Å². The second-order valence-corrected chi connectivity index (χ2v) is 15.2. The highest BCUT2D eigenvalue weighted by Crippen LogP contribution is 2.45. The molecule has 0 amide bonds. The summed E-state index contributed by atoms with van der Waals surface area (Å²) in [5, 5.41) is 0. The largest absolute Gasteiger partial charge is 0.375 e. The summed E-state index contributed by atoms with van der Waals surface area (Å²) >= 11 is 0. The van der Waals surface area contributed by atoms with E-state index in [0.29, 0.717) is 38.9 Å². The predicted octanol–water partition coefficient (Wildman–Crippen LogP) is 9.69. The maximum Gasteiger partial charge on any atom is 0.137 e. The summed E-state index contributed by atoms with van der Waals surface area (Å²) in [6, 6.07) is 29.3. The van der Waals surface area contributed by atoms with Gasteiger partial charge in [-0.3, -0.25) is 9.59 Å². The molecular formula is C44H50F2O4. The number of carbonyl (C=O) groups is 2. The van der Waals surface area contributed by atoms with E-state index in [9.17, 15) is 18.4 Å². The molecule has 0 bridgehead atoms. The SMILES string of the molecule is Cc1ccc([C@@H]2COC(C)(C)C2CC(=O)Cc2ccc(F)cc2)cc1.Cc1ccc([C@@H]2COC(C)(C)C2CC(=O)Cc2ccc(F)cc2)cc1. The van der Waals surface area contributed by atoms with Crippen molar-refractivity contribution in [2.45, 2.75) is 90.3 Å². The fraction of sp³-hybridized carbons (Fsp3) is 0.409. The number of hydrogen-bond acceptors (Lipinski definition) is 4. The van der Waals surface area contributed by atoms with Gasteiger partial charge in [0.2, 0.25) is 0 Å². The minimum absolute atomic E-state index is 0.142. The van der Waals surface area contributed by atoms with Crippen molar-refractivity contribution in [3.63, 3.8) is 0 Å². The lowest BCUT2D eigenvalue weighted by molar-refractivity contribution is -0.121. The van der Waals surface area contributed by atoms with Crippen LogP contribution in [0.2, 0.25) is 0 Å². The lowest BCUT2D eigenvalue weighted by Crippen LogP contribution is -2.31. The van der Waals surface area contributed by atoms with Crippen molar-refractivity contribution in [3.8, 4) is 0 Å². The van der Waals surface area contributed by atoms with Crippen LogP contribution >= 0.6 is 0 Å². The first-order chi connectivity index (χ1) is 23.7. The minimum atomic E-state index is -0.325. The molecule has 50 heavy (non-hydrogen) atoms. The van der Waals surface area contributed by atoms with Gasteiger partial charge in [-0.25, -0.2) is 8.78 Å². The second kappa shape index (κ2) is 15.9. The number of rotatable bonds is 10. The lowest BCUT2D eigenvalue weighted by Gasteiger charge is -2.28. The Morgan fingerprint density at radius 2 is 0.880 bits per heavy atom. The molecular weight excluding hydrogens is 630 g/mol. The maximum absolute atomic E-state index is 13.0. The van der Waals surface area contributed by atoms with E-state index in [0.717, 1.165) is 11.1 Å². The molecule has 0 spiro atoms.